The van der Waals surface area contributed by atoms with Gasteiger partial charge in [0.15, 0.2) is 0 Å². The van der Waals surface area contributed by atoms with Crippen LogP contribution in [0.15, 0.2) is 0 Å². The average molecular weight is 189 g/mol. The predicted molar refractivity (Wildman–Crippen MR) is 40.9 cm³/mol. The van der Waals surface area contributed by atoms with Gasteiger partial charge in [0.1, 0.15) is 0 Å². The van der Waals surface area contributed by atoms with E-state index in [1.54, 1.807) is 0 Å². The molecular formula is C5H10Cl2O3. The molecule has 0 unspecified atom stereocenters. The molecule has 0 atom stereocenters. The molecule has 0 bridgehead atoms. The van der Waals surface area contributed by atoms with Crippen LogP contribution < -0.4 is 0 Å². The Bertz CT molecular complexity index is 69.3. The van der Waals surface area contributed by atoms with Crippen LogP contribution in [0.25, 0.3) is 0 Å². The Hall–Kier alpha value is -0.150. The van der Waals surface area contributed by atoms with Crippen LogP contribution in [0.1, 0.15) is 0 Å². The Kier molecular flexibility index (Phi) is 14.6. The lowest BCUT2D eigenvalue weighted by molar-refractivity contribution is 0.0924. The van der Waals surface area contributed by atoms with E-state index in [2.05, 4.69) is 9.47 Å². The van der Waals surface area contributed by atoms with E-state index in [1.807, 2.05) is 0 Å². The molecule has 0 spiro atoms. The first kappa shape index (κ1) is 12.5. The molecule has 10 heavy (non-hydrogen) atoms. The molecule has 0 heterocycles. The van der Waals surface area contributed by atoms with E-state index < -0.39 is 6.16 Å². The third-order valence-corrected chi connectivity index (χ3v) is 0.976. The van der Waals surface area contributed by atoms with Crippen molar-refractivity contribution in [1.82, 2.24) is 0 Å². The highest BCUT2D eigenvalue weighted by Gasteiger charge is 1.88. The highest BCUT2D eigenvalue weighted by atomic mass is 35.5. The molecule has 5 heteroatoms. The van der Waals surface area contributed by atoms with Gasteiger partial charge in [-0.2, -0.15) is 0 Å². The van der Waals surface area contributed by atoms with Crippen molar-refractivity contribution in [3.8, 4) is 0 Å². The summed E-state index contributed by atoms with van der Waals surface area (Å²) >= 11 is 10.1. The highest BCUT2D eigenvalue weighted by Crippen LogP contribution is 1.75. The lowest BCUT2D eigenvalue weighted by atomic mass is 11.0. The minimum absolute atomic E-state index is 0.557. The minimum atomic E-state index is -0.657. The molecule has 0 aliphatic rings. The van der Waals surface area contributed by atoms with Crippen molar-refractivity contribution in [2.75, 3.05) is 26.0 Å². The van der Waals surface area contributed by atoms with E-state index in [0.717, 1.165) is 0 Å². The molecule has 0 aromatic rings. The molecule has 0 aromatic carbocycles. The van der Waals surface area contributed by atoms with Crippen LogP contribution in [0.4, 0.5) is 4.79 Å². The summed E-state index contributed by atoms with van der Waals surface area (Å²) in [4.78, 5) is 9.74. The summed E-state index contributed by atoms with van der Waals surface area (Å²) < 4.78 is 8.08. The lowest BCUT2D eigenvalue weighted by Gasteiger charge is -1.89. The molecule has 0 fully saturated rings. The molecule has 0 radical (unpaired) electrons. The quantitative estimate of drug-likeness (QED) is 0.466. The molecule has 0 aliphatic carbocycles. The van der Waals surface area contributed by atoms with Crippen LogP contribution in [0.5, 0.6) is 0 Å². The fraction of sp³-hybridized carbons (Fsp3) is 0.800. The molecule has 0 aliphatic heterocycles. The second-order valence-electron chi connectivity index (χ2n) is 1.04. The van der Waals surface area contributed by atoms with Gasteiger partial charge in [-0.25, -0.2) is 4.79 Å². The van der Waals surface area contributed by atoms with Crippen molar-refractivity contribution >= 4 is 29.4 Å². The van der Waals surface area contributed by atoms with Crippen LogP contribution >= 0.6 is 23.2 Å². The Morgan fingerprint density at radius 2 is 1.50 bits per heavy atom. The van der Waals surface area contributed by atoms with Crippen molar-refractivity contribution < 1.29 is 14.3 Å². The first-order valence-electron chi connectivity index (χ1n) is 2.46. The Balaban J connectivity index is 0. The maximum atomic E-state index is 9.74. The Morgan fingerprint density at radius 1 is 1.20 bits per heavy atom. The summed E-state index contributed by atoms with van der Waals surface area (Å²) in [7, 11) is 2.51. The number of ether oxygens (including phenoxy) is 2. The highest BCUT2D eigenvalue weighted by molar-refractivity contribution is 6.25. The number of carbonyl (C=O) groups excluding carboxylic acids is 1. The third kappa shape index (κ3) is 15.7. The molecule has 0 rings (SSSR count). The zero-order chi connectivity index (χ0) is 8.41. The molecule has 0 N–H and O–H groups in total. The van der Waals surface area contributed by atoms with Gasteiger partial charge < -0.3 is 9.47 Å². The van der Waals surface area contributed by atoms with Gasteiger partial charge in [-0.1, -0.05) is 0 Å². The number of carbonyl (C=O) groups is 1. The van der Waals surface area contributed by atoms with Crippen molar-refractivity contribution in [2.24, 2.45) is 0 Å². The van der Waals surface area contributed by atoms with E-state index in [-0.39, 0.29) is 0 Å². The summed E-state index contributed by atoms with van der Waals surface area (Å²) in [6.07, 6.45) is -0.657. The average Bonchev–Trinajstić information content (AvgIpc) is 2.03. The van der Waals surface area contributed by atoms with E-state index >= 15 is 0 Å². The molecule has 0 aromatic heterocycles. The fourth-order valence-corrected chi connectivity index (χ4v) is 0.0833. The monoisotopic (exact) mass is 188 g/mol. The molecular weight excluding hydrogens is 179 g/mol. The zero-order valence-corrected chi connectivity index (χ0v) is 7.41. The van der Waals surface area contributed by atoms with Gasteiger partial charge in [-0.05, 0) is 0 Å². The van der Waals surface area contributed by atoms with Gasteiger partial charge >= 0.3 is 6.16 Å². The predicted octanol–water partition coefficient (Wildman–Crippen LogP) is 1.86. The van der Waals surface area contributed by atoms with E-state index in [9.17, 15) is 4.79 Å². The topological polar surface area (TPSA) is 35.5 Å². The number of alkyl halides is 2. The first-order chi connectivity index (χ1) is 4.72. The Morgan fingerprint density at radius 3 is 1.50 bits per heavy atom. The molecule has 0 saturated carbocycles. The van der Waals surface area contributed by atoms with Crippen LogP contribution in [-0.4, -0.2) is 32.1 Å². The maximum Gasteiger partial charge on any atom is 0.507 e. The van der Waals surface area contributed by atoms with Gasteiger partial charge in [-0.3, -0.25) is 0 Å². The van der Waals surface area contributed by atoms with Crippen LogP contribution in [0.3, 0.4) is 0 Å². The van der Waals surface area contributed by atoms with Crippen molar-refractivity contribution in [2.45, 2.75) is 0 Å². The normalized spacial score (nSPS) is 7.20. The number of hydrogen-bond donors (Lipinski definition) is 0. The first-order valence-corrected chi connectivity index (χ1v) is 3.53. The maximum absolute atomic E-state index is 9.74. The SMILES string of the molecule is COC(=O)OC.ClCCCl. The number of rotatable bonds is 1. The third-order valence-electron chi connectivity index (χ3n) is 0.405. The van der Waals surface area contributed by atoms with E-state index in [4.69, 9.17) is 23.2 Å². The van der Waals surface area contributed by atoms with Crippen molar-refractivity contribution in [1.29, 1.82) is 0 Å². The van der Waals surface area contributed by atoms with Crippen LogP contribution in [-0.2, 0) is 9.47 Å². The summed E-state index contributed by atoms with van der Waals surface area (Å²) in [6.45, 7) is 0. The number of hydrogen-bond acceptors (Lipinski definition) is 3. The fourth-order valence-electron chi connectivity index (χ4n) is 0.0833. The second-order valence-corrected chi connectivity index (χ2v) is 1.79. The summed E-state index contributed by atoms with van der Waals surface area (Å²) in [5.74, 6) is 1.11. The van der Waals surface area contributed by atoms with E-state index in [1.165, 1.54) is 14.2 Å². The van der Waals surface area contributed by atoms with Crippen LogP contribution in [0.2, 0.25) is 0 Å². The van der Waals surface area contributed by atoms with E-state index in [0.29, 0.717) is 11.8 Å². The zero-order valence-electron chi connectivity index (χ0n) is 5.89. The van der Waals surface area contributed by atoms with Gasteiger partial charge in [0.2, 0.25) is 0 Å². The summed E-state index contributed by atoms with van der Waals surface area (Å²) in [6, 6.07) is 0. The molecule has 0 saturated heterocycles. The lowest BCUT2D eigenvalue weighted by Crippen LogP contribution is -1.97. The van der Waals surface area contributed by atoms with Gasteiger partial charge in [0, 0.05) is 11.8 Å². The van der Waals surface area contributed by atoms with Crippen molar-refractivity contribution in [3.05, 3.63) is 0 Å². The summed E-state index contributed by atoms with van der Waals surface area (Å²) in [5, 5.41) is 0. The van der Waals surface area contributed by atoms with Gasteiger partial charge in [-0.15, -0.1) is 23.2 Å². The molecule has 0 amide bonds. The smallest absolute Gasteiger partial charge is 0.438 e. The molecule has 62 valence electrons. The minimum Gasteiger partial charge on any atom is -0.438 e. The van der Waals surface area contributed by atoms with Crippen molar-refractivity contribution in [3.63, 3.8) is 0 Å². The standard InChI is InChI=1S/C3H6O3.C2H4Cl2/c1-5-3(4)6-2;3-1-2-4/h1-2H3;1-2H2. The summed E-state index contributed by atoms with van der Waals surface area (Å²) in [5.41, 5.74) is 0. The van der Waals surface area contributed by atoms with Crippen LogP contribution in [0, 0.1) is 0 Å². The Labute approximate surface area is 70.2 Å². The number of halogens is 2. The largest absolute Gasteiger partial charge is 0.507 e. The number of methoxy groups -OCH3 is 2. The van der Waals surface area contributed by atoms with Gasteiger partial charge in [0.05, 0.1) is 14.2 Å². The molecule has 3 nitrogen and oxygen atoms in total. The second kappa shape index (κ2) is 11.6. The van der Waals surface area contributed by atoms with Gasteiger partial charge in [0.25, 0.3) is 0 Å².